The Labute approximate surface area is 107 Å². The number of nitrogens with two attached hydrogens (primary N) is 1. The standard InChI is InChI=1S/C13H20N2O3/c1-2-3-6-17-7-8-18-13(16)9-12-5-4-11(14)10-15-12/h4-5,10H,2-3,6-9,14H2,1H3. The van der Waals surface area contributed by atoms with Gasteiger partial charge >= 0.3 is 5.97 Å². The van der Waals surface area contributed by atoms with E-state index in [1.807, 2.05) is 0 Å². The lowest BCUT2D eigenvalue weighted by molar-refractivity contribution is -0.144. The van der Waals surface area contributed by atoms with Crippen LogP contribution in [-0.4, -0.2) is 30.8 Å². The number of pyridine rings is 1. The summed E-state index contributed by atoms with van der Waals surface area (Å²) in [6.45, 7) is 3.55. The Morgan fingerprint density at radius 3 is 2.83 bits per heavy atom. The molecule has 0 radical (unpaired) electrons. The Morgan fingerprint density at radius 2 is 2.17 bits per heavy atom. The lowest BCUT2D eigenvalue weighted by Gasteiger charge is -2.05. The van der Waals surface area contributed by atoms with Gasteiger partial charge in [-0.25, -0.2) is 0 Å². The van der Waals surface area contributed by atoms with Crippen LogP contribution in [0.15, 0.2) is 18.3 Å². The average Bonchev–Trinajstić information content (AvgIpc) is 2.36. The molecule has 1 aromatic rings. The predicted molar refractivity (Wildman–Crippen MR) is 69.0 cm³/mol. The summed E-state index contributed by atoms with van der Waals surface area (Å²) in [6.07, 6.45) is 3.82. The molecule has 1 rings (SSSR count). The Bertz CT molecular complexity index is 352. The molecule has 5 heteroatoms. The second-order valence-electron chi connectivity index (χ2n) is 3.95. The zero-order valence-corrected chi connectivity index (χ0v) is 10.7. The van der Waals surface area contributed by atoms with Crippen LogP contribution in [-0.2, 0) is 20.7 Å². The third kappa shape index (κ3) is 6.20. The van der Waals surface area contributed by atoms with E-state index in [0.29, 0.717) is 24.6 Å². The molecule has 0 fully saturated rings. The first-order valence-corrected chi connectivity index (χ1v) is 6.16. The number of hydrogen-bond acceptors (Lipinski definition) is 5. The van der Waals surface area contributed by atoms with E-state index in [0.717, 1.165) is 12.8 Å². The molecule has 100 valence electrons. The molecule has 5 nitrogen and oxygen atoms in total. The zero-order chi connectivity index (χ0) is 13.2. The third-order valence-electron chi connectivity index (χ3n) is 2.31. The summed E-state index contributed by atoms with van der Waals surface area (Å²) in [7, 11) is 0. The first-order chi connectivity index (χ1) is 8.72. The minimum atomic E-state index is -0.300. The minimum absolute atomic E-state index is 0.162. The van der Waals surface area contributed by atoms with Gasteiger partial charge in [0.05, 0.1) is 30.6 Å². The molecule has 0 spiro atoms. The second kappa shape index (κ2) is 8.47. The molecule has 0 saturated carbocycles. The van der Waals surface area contributed by atoms with Crippen molar-refractivity contribution in [1.82, 2.24) is 4.98 Å². The van der Waals surface area contributed by atoms with Crippen molar-refractivity contribution in [1.29, 1.82) is 0 Å². The fraction of sp³-hybridized carbons (Fsp3) is 0.538. The number of esters is 1. The summed E-state index contributed by atoms with van der Waals surface area (Å²) in [4.78, 5) is 15.5. The summed E-state index contributed by atoms with van der Waals surface area (Å²) < 4.78 is 10.3. The van der Waals surface area contributed by atoms with Crippen LogP contribution in [0.5, 0.6) is 0 Å². The fourth-order valence-corrected chi connectivity index (χ4v) is 1.30. The average molecular weight is 252 g/mol. The summed E-state index contributed by atoms with van der Waals surface area (Å²) in [5.74, 6) is -0.300. The molecule has 18 heavy (non-hydrogen) atoms. The van der Waals surface area contributed by atoms with E-state index in [-0.39, 0.29) is 19.0 Å². The first kappa shape index (κ1) is 14.4. The van der Waals surface area contributed by atoms with Crippen molar-refractivity contribution in [2.24, 2.45) is 0 Å². The van der Waals surface area contributed by atoms with E-state index < -0.39 is 0 Å². The molecule has 0 amide bonds. The largest absolute Gasteiger partial charge is 0.463 e. The van der Waals surface area contributed by atoms with Crippen LogP contribution in [0.4, 0.5) is 5.69 Å². The number of anilines is 1. The molecule has 0 unspecified atom stereocenters. The maximum Gasteiger partial charge on any atom is 0.311 e. The van der Waals surface area contributed by atoms with Crippen molar-refractivity contribution in [2.45, 2.75) is 26.2 Å². The number of hydrogen-bond donors (Lipinski definition) is 1. The number of aromatic nitrogens is 1. The van der Waals surface area contributed by atoms with Gasteiger partial charge in [0.2, 0.25) is 0 Å². The Kier molecular flexibility index (Phi) is 6.79. The third-order valence-corrected chi connectivity index (χ3v) is 2.31. The van der Waals surface area contributed by atoms with Crippen LogP contribution in [0.25, 0.3) is 0 Å². The van der Waals surface area contributed by atoms with Gasteiger partial charge in [-0.3, -0.25) is 9.78 Å². The SMILES string of the molecule is CCCCOCCOC(=O)Cc1ccc(N)cn1. The normalized spacial score (nSPS) is 10.3. The summed E-state index contributed by atoms with van der Waals surface area (Å²) in [5.41, 5.74) is 6.73. The van der Waals surface area contributed by atoms with E-state index in [2.05, 4.69) is 11.9 Å². The van der Waals surface area contributed by atoms with Gasteiger partial charge in [0.1, 0.15) is 6.61 Å². The Morgan fingerprint density at radius 1 is 1.33 bits per heavy atom. The van der Waals surface area contributed by atoms with Gasteiger partial charge in [-0.1, -0.05) is 13.3 Å². The molecular formula is C13H20N2O3. The molecule has 0 saturated heterocycles. The molecule has 0 atom stereocenters. The lowest BCUT2D eigenvalue weighted by atomic mass is 10.2. The molecule has 0 aliphatic rings. The van der Waals surface area contributed by atoms with Crippen LogP contribution in [0.2, 0.25) is 0 Å². The number of carbonyl (C=O) groups is 1. The molecule has 0 aliphatic heterocycles. The Hall–Kier alpha value is -1.62. The predicted octanol–water partition coefficient (Wildman–Crippen LogP) is 1.57. The number of rotatable bonds is 8. The van der Waals surface area contributed by atoms with Gasteiger partial charge in [-0.15, -0.1) is 0 Å². The van der Waals surface area contributed by atoms with Gasteiger partial charge in [0.15, 0.2) is 0 Å². The first-order valence-electron chi connectivity index (χ1n) is 6.16. The quantitative estimate of drug-likeness (QED) is 0.561. The van der Waals surface area contributed by atoms with Crippen molar-refractivity contribution in [3.05, 3.63) is 24.0 Å². The van der Waals surface area contributed by atoms with E-state index in [9.17, 15) is 4.79 Å². The Balaban J connectivity index is 2.12. The minimum Gasteiger partial charge on any atom is -0.463 e. The molecule has 0 bridgehead atoms. The van der Waals surface area contributed by atoms with Crippen LogP contribution in [0.1, 0.15) is 25.5 Å². The molecule has 1 heterocycles. The lowest BCUT2D eigenvalue weighted by Crippen LogP contribution is -2.13. The molecule has 1 aromatic heterocycles. The van der Waals surface area contributed by atoms with E-state index >= 15 is 0 Å². The highest BCUT2D eigenvalue weighted by atomic mass is 16.6. The van der Waals surface area contributed by atoms with Gasteiger partial charge in [-0.2, -0.15) is 0 Å². The number of nitrogens with zero attached hydrogens (tertiary/aromatic N) is 1. The van der Waals surface area contributed by atoms with Gasteiger partial charge in [-0.05, 0) is 18.6 Å². The number of nitrogen functional groups attached to an aromatic ring is 1. The van der Waals surface area contributed by atoms with Crippen LogP contribution in [0.3, 0.4) is 0 Å². The topological polar surface area (TPSA) is 74.4 Å². The van der Waals surface area contributed by atoms with E-state index in [1.54, 1.807) is 12.1 Å². The van der Waals surface area contributed by atoms with Crippen molar-refractivity contribution < 1.29 is 14.3 Å². The van der Waals surface area contributed by atoms with Crippen LogP contribution >= 0.6 is 0 Å². The summed E-state index contributed by atoms with van der Waals surface area (Å²) in [6, 6.07) is 3.43. The van der Waals surface area contributed by atoms with Crippen molar-refractivity contribution in [3.8, 4) is 0 Å². The van der Waals surface area contributed by atoms with Crippen LogP contribution in [0, 0.1) is 0 Å². The smallest absolute Gasteiger partial charge is 0.311 e. The fourth-order valence-electron chi connectivity index (χ4n) is 1.30. The van der Waals surface area contributed by atoms with Crippen LogP contribution < -0.4 is 5.73 Å². The highest BCUT2D eigenvalue weighted by Crippen LogP contribution is 2.02. The zero-order valence-electron chi connectivity index (χ0n) is 10.7. The van der Waals surface area contributed by atoms with E-state index in [1.165, 1.54) is 6.20 Å². The van der Waals surface area contributed by atoms with Gasteiger partial charge < -0.3 is 15.2 Å². The van der Waals surface area contributed by atoms with Gasteiger partial charge in [0.25, 0.3) is 0 Å². The van der Waals surface area contributed by atoms with E-state index in [4.69, 9.17) is 15.2 Å². The highest BCUT2D eigenvalue weighted by molar-refractivity contribution is 5.72. The number of carbonyl (C=O) groups excluding carboxylic acids is 1. The number of ether oxygens (including phenoxy) is 2. The van der Waals surface area contributed by atoms with Crippen molar-refractivity contribution >= 4 is 11.7 Å². The molecule has 0 aliphatic carbocycles. The van der Waals surface area contributed by atoms with Crippen molar-refractivity contribution in [2.75, 3.05) is 25.6 Å². The second-order valence-corrected chi connectivity index (χ2v) is 3.95. The highest BCUT2D eigenvalue weighted by Gasteiger charge is 2.05. The molecular weight excluding hydrogens is 232 g/mol. The maximum atomic E-state index is 11.4. The monoisotopic (exact) mass is 252 g/mol. The maximum absolute atomic E-state index is 11.4. The summed E-state index contributed by atoms with van der Waals surface area (Å²) >= 11 is 0. The molecule has 0 aromatic carbocycles. The number of unbranched alkanes of at least 4 members (excludes halogenated alkanes) is 1. The van der Waals surface area contributed by atoms with Crippen molar-refractivity contribution in [3.63, 3.8) is 0 Å². The van der Waals surface area contributed by atoms with Gasteiger partial charge in [0, 0.05) is 6.61 Å². The molecule has 2 N–H and O–H groups in total. The summed E-state index contributed by atoms with van der Waals surface area (Å²) in [5, 5.41) is 0.